The predicted molar refractivity (Wildman–Crippen MR) is 88.5 cm³/mol. The van der Waals surface area contributed by atoms with Crippen LogP contribution in [0.4, 0.5) is 10.1 Å². The lowest BCUT2D eigenvalue weighted by Crippen LogP contribution is -2.43. The van der Waals surface area contributed by atoms with E-state index in [1.165, 1.54) is 11.0 Å². The Bertz CT molecular complexity index is 713. The van der Waals surface area contributed by atoms with E-state index in [4.69, 9.17) is 5.11 Å². The van der Waals surface area contributed by atoms with Gasteiger partial charge in [-0.3, -0.25) is 14.4 Å². The molecular formula is C18H21FN2O4. The molecular weight excluding hydrogens is 327 g/mol. The fourth-order valence-electron chi connectivity index (χ4n) is 3.52. The summed E-state index contributed by atoms with van der Waals surface area (Å²) < 4.78 is 13.4. The van der Waals surface area contributed by atoms with Crippen LogP contribution in [0.5, 0.6) is 0 Å². The lowest BCUT2D eigenvalue weighted by atomic mass is 9.95. The second kappa shape index (κ2) is 6.82. The van der Waals surface area contributed by atoms with E-state index in [1.807, 2.05) is 0 Å². The highest BCUT2D eigenvalue weighted by atomic mass is 19.1. The minimum absolute atomic E-state index is 0.0986. The van der Waals surface area contributed by atoms with Gasteiger partial charge in [-0.25, -0.2) is 4.39 Å². The maximum atomic E-state index is 13.4. The van der Waals surface area contributed by atoms with Crippen LogP contribution in [0.25, 0.3) is 0 Å². The number of benzene rings is 1. The fourth-order valence-corrected chi connectivity index (χ4v) is 3.52. The number of aliphatic carboxylic acids is 1. The molecule has 0 aliphatic carbocycles. The van der Waals surface area contributed by atoms with Gasteiger partial charge in [0.1, 0.15) is 5.82 Å². The molecule has 2 aliphatic heterocycles. The van der Waals surface area contributed by atoms with Crippen LogP contribution in [0.15, 0.2) is 18.2 Å². The molecule has 134 valence electrons. The van der Waals surface area contributed by atoms with Gasteiger partial charge in [-0.2, -0.15) is 0 Å². The number of piperidine rings is 1. The van der Waals surface area contributed by atoms with E-state index in [1.54, 1.807) is 24.0 Å². The average Bonchev–Trinajstić information content (AvgIpc) is 2.98. The Balaban J connectivity index is 1.65. The molecule has 0 radical (unpaired) electrons. The number of carbonyl (C=O) groups excluding carboxylic acids is 2. The highest BCUT2D eigenvalue weighted by Crippen LogP contribution is 2.29. The Labute approximate surface area is 145 Å². The van der Waals surface area contributed by atoms with Gasteiger partial charge in [0, 0.05) is 31.7 Å². The van der Waals surface area contributed by atoms with Crippen LogP contribution in [-0.4, -0.2) is 47.4 Å². The summed E-state index contributed by atoms with van der Waals surface area (Å²) in [7, 11) is 0. The molecule has 3 rings (SSSR count). The summed E-state index contributed by atoms with van der Waals surface area (Å²) in [5, 5.41) is 9.03. The van der Waals surface area contributed by atoms with Gasteiger partial charge in [-0.15, -0.1) is 0 Å². The number of halogens is 1. The van der Waals surface area contributed by atoms with Crippen LogP contribution in [0.3, 0.4) is 0 Å². The van der Waals surface area contributed by atoms with E-state index in [-0.39, 0.29) is 30.6 Å². The minimum atomic E-state index is -0.819. The van der Waals surface area contributed by atoms with Crippen molar-refractivity contribution < 1.29 is 23.9 Å². The number of hydrogen-bond acceptors (Lipinski definition) is 3. The van der Waals surface area contributed by atoms with Crippen molar-refractivity contribution in [2.24, 2.45) is 11.8 Å². The molecule has 1 N–H and O–H groups in total. The number of aryl methyl sites for hydroxylation is 1. The number of carbonyl (C=O) groups is 3. The zero-order chi connectivity index (χ0) is 18.1. The second-order valence-electron chi connectivity index (χ2n) is 6.78. The van der Waals surface area contributed by atoms with Crippen LogP contribution in [0.2, 0.25) is 0 Å². The highest BCUT2D eigenvalue weighted by Gasteiger charge is 2.38. The molecule has 0 spiro atoms. The van der Waals surface area contributed by atoms with Crippen LogP contribution >= 0.6 is 0 Å². The third-order valence-electron chi connectivity index (χ3n) is 5.08. The third-order valence-corrected chi connectivity index (χ3v) is 5.08. The van der Waals surface area contributed by atoms with Crippen LogP contribution in [0, 0.1) is 24.6 Å². The van der Waals surface area contributed by atoms with Gasteiger partial charge in [0.15, 0.2) is 0 Å². The number of nitrogens with zero attached hydrogens (tertiary/aromatic N) is 2. The quantitative estimate of drug-likeness (QED) is 0.904. The number of carboxylic acids is 1. The van der Waals surface area contributed by atoms with Crippen molar-refractivity contribution in [2.45, 2.75) is 26.2 Å². The van der Waals surface area contributed by atoms with Gasteiger partial charge < -0.3 is 14.9 Å². The smallest absolute Gasteiger partial charge is 0.306 e. The molecule has 0 aromatic heterocycles. The Morgan fingerprint density at radius 1 is 1.20 bits per heavy atom. The van der Waals surface area contributed by atoms with E-state index in [9.17, 15) is 18.8 Å². The molecule has 6 nitrogen and oxygen atoms in total. The first kappa shape index (κ1) is 17.4. The van der Waals surface area contributed by atoms with E-state index in [2.05, 4.69) is 0 Å². The molecule has 2 amide bonds. The first-order chi connectivity index (χ1) is 11.9. The van der Waals surface area contributed by atoms with Gasteiger partial charge in [0.05, 0.1) is 11.8 Å². The van der Waals surface area contributed by atoms with Gasteiger partial charge in [-0.1, -0.05) is 0 Å². The Morgan fingerprint density at radius 2 is 1.88 bits per heavy atom. The summed E-state index contributed by atoms with van der Waals surface area (Å²) >= 11 is 0. The molecule has 7 heteroatoms. The summed E-state index contributed by atoms with van der Waals surface area (Å²) in [6, 6.07) is 4.48. The van der Waals surface area contributed by atoms with Crippen molar-refractivity contribution in [1.82, 2.24) is 4.90 Å². The summed E-state index contributed by atoms with van der Waals surface area (Å²) in [5.41, 5.74) is 1.06. The first-order valence-electron chi connectivity index (χ1n) is 8.45. The Kier molecular flexibility index (Phi) is 4.74. The summed E-state index contributed by atoms with van der Waals surface area (Å²) in [6.07, 6.45) is 1.03. The average molecular weight is 348 g/mol. The van der Waals surface area contributed by atoms with Gasteiger partial charge >= 0.3 is 5.97 Å². The molecule has 2 saturated heterocycles. The largest absolute Gasteiger partial charge is 0.481 e. The monoisotopic (exact) mass is 348 g/mol. The van der Waals surface area contributed by atoms with Crippen molar-refractivity contribution >= 4 is 23.5 Å². The molecule has 0 saturated carbocycles. The zero-order valence-electron chi connectivity index (χ0n) is 14.1. The van der Waals surface area contributed by atoms with Crippen molar-refractivity contribution in [3.63, 3.8) is 0 Å². The number of amides is 2. The first-order valence-corrected chi connectivity index (χ1v) is 8.45. The third kappa shape index (κ3) is 3.50. The van der Waals surface area contributed by atoms with Crippen LogP contribution in [-0.2, 0) is 14.4 Å². The standard InChI is InChI=1S/C18H21FN2O4/c1-11-8-14(2-3-15(11)19)21-10-13(9-16(21)22)17(23)20-6-4-12(5-7-20)18(24)25/h2-3,8,12-13H,4-7,9-10H2,1H3,(H,24,25)/t13-/m0/s1. The minimum Gasteiger partial charge on any atom is -0.481 e. The van der Waals surface area contributed by atoms with Crippen LogP contribution < -0.4 is 4.90 Å². The van der Waals surface area contributed by atoms with Gasteiger partial charge in [-0.05, 0) is 43.5 Å². The normalized spacial score (nSPS) is 21.7. The fraction of sp³-hybridized carbons (Fsp3) is 0.500. The van der Waals surface area contributed by atoms with Gasteiger partial charge in [0.2, 0.25) is 11.8 Å². The number of carboxylic acid groups (broad SMARTS) is 1. The van der Waals surface area contributed by atoms with Crippen molar-refractivity contribution in [3.8, 4) is 0 Å². The lowest BCUT2D eigenvalue weighted by Gasteiger charge is -2.31. The second-order valence-corrected chi connectivity index (χ2v) is 6.78. The zero-order valence-corrected chi connectivity index (χ0v) is 14.1. The molecule has 2 heterocycles. The Hall–Kier alpha value is -2.44. The van der Waals surface area contributed by atoms with E-state index in [0.29, 0.717) is 37.2 Å². The molecule has 0 unspecified atom stereocenters. The molecule has 25 heavy (non-hydrogen) atoms. The molecule has 2 fully saturated rings. The highest BCUT2D eigenvalue weighted by molar-refractivity contribution is 6.00. The van der Waals surface area contributed by atoms with Crippen molar-refractivity contribution in [3.05, 3.63) is 29.6 Å². The number of anilines is 1. The van der Waals surface area contributed by atoms with Crippen molar-refractivity contribution in [2.75, 3.05) is 24.5 Å². The van der Waals surface area contributed by atoms with E-state index < -0.39 is 17.8 Å². The molecule has 1 atom stereocenters. The molecule has 1 aromatic carbocycles. The molecule has 1 aromatic rings. The number of likely N-dealkylation sites (tertiary alicyclic amines) is 1. The maximum Gasteiger partial charge on any atom is 0.306 e. The molecule has 2 aliphatic rings. The SMILES string of the molecule is Cc1cc(N2C[C@@H](C(=O)N3CCC(C(=O)O)CC3)CC2=O)ccc1F. The molecule has 0 bridgehead atoms. The maximum absolute atomic E-state index is 13.4. The Morgan fingerprint density at radius 3 is 2.48 bits per heavy atom. The van der Waals surface area contributed by atoms with Crippen LogP contribution in [0.1, 0.15) is 24.8 Å². The van der Waals surface area contributed by atoms with E-state index in [0.717, 1.165) is 0 Å². The van der Waals surface area contributed by atoms with Gasteiger partial charge in [0.25, 0.3) is 0 Å². The topological polar surface area (TPSA) is 77.9 Å². The number of rotatable bonds is 3. The lowest BCUT2D eigenvalue weighted by molar-refractivity contribution is -0.146. The number of hydrogen-bond donors (Lipinski definition) is 1. The summed E-state index contributed by atoms with van der Waals surface area (Å²) in [6.45, 7) is 2.74. The summed E-state index contributed by atoms with van der Waals surface area (Å²) in [4.78, 5) is 39.1. The van der Waals surface area contributed by atoms with E-state index >= 15 is 0 Å². The van der Waals surface area contributed by atoms with Crippen molar-refractivity contribution in [1.29, 1.82) is 0 Å². The summed E-state index contributed by atoms with van der Waals surface area (Å²) in [5.74, 6) is -2.22. The predicted octanol–water partition coefficient (Wildman–Crippen LogP) is 1.81.